The molecule has 2 N–H and O–H groups in total. The van der Waals surface area contributed by atoms with Gasteiger partial charge in [-0.25, -0.2) is 4.79 Å². The van der Waals surface area contributed by atoms with Crippen molar-refractivity contribution in [3.05, 3.63) is 17.0 Å². The van der Waals surface area contributed by atoms with Crippen LogP contribution in [-0.4, -0.2) is 48.2 Å². The van der Waals surface area contributed by atoms with Crippen LogP contribution in [0.25, 0.3) is 0 Å². The molecule has 2 heterocycles. The molecule has 7 nitrogen and oxygen atoms in total. The van der Waals surface area contributed by atoms with Crippen molar-refractivity contribution in [2.75, 3.05) is 25.0 Å². The van der Waals surface area contributed by atoms with Crippen LogP contribution in [0, 0.1) is 11.3 Å². The SMILES string of the molecule is CC(C)(C)OC(=O)NCC1CCCCN1CC(=O)Nc1sccc1C#N. The van der Waals surface area contributed by atoms with Crippen molar-refractivity contribution in [2.24, 2.45) is 0 Å². The first-order valence-corrected chi connectivity index (χ1v) is 9.65. The number of rotatable bonds is 5. The molecule has 0 spiro atoms. The predicted molar refractivity (Wildman–Crippen MR) is 101 cm³/mol. The first kappa shape index (κ1) is 20.2. The number of thiophene rings is 1. The smallest absolute Gasteiger partial charge is 0.407 e. The average Bonchev–Trinajstić information content (AvgIpc) is 2.99. The number of hydrogen-bond acceptors (Lipinski definition) is 6. The molecular weight excluding hydrogens is 352 g/mol. The largest absolute Gasteiger partial charge is 0.444 e. The van der Waals surface area contributed by atoms with Gasteiger partial charge in [0.25, 0.3) is 0 Å². The van der Waals surface area contributed by atoms with E-state index in [9.17, 15) is 9.59 Å². The van der Waals surface area contributed by atoms with Crippen molar-refractivity contribution >= 4 is 28.3 Å². The summed E-state index contributed by atoms with van der Waals surface area (Å²) in [6, 6.07) is 3.85. The summed E-state index contributed by atoms with van der Waals surface area (Å²) < 4.78 is 5.26. The molecule has 0 aromatic carbocycles. The fraction of sp³-hybridized carbons (Fsp3) is 0.611. The fourth-order valence-corrected chi connectivity index (χ4v) is 3.61. The second kappa shape index (κ2) is 9.01. The number of nitriles is 1. The van der Waals surface area contributed by atoms with Crippen molar-refractivity contribution in [3.8, 4) is 6.07 Å². The summed E-state index contributed by atoms with van der Waals surface area (Å²) in [7, 11) is 0. The summed E-state index contributed by atoms with van der Waals surface area (Å²) in [5.74, 6) is -0.145. The summed E-state index contributed by atoms with van der Waals surface area (Å²) in [5.41, 5.74) is -0.0554. The molecule has 1 aromatic rings. The Morgan fingerprint density at radius 1 is 1.42 bits per heavy atom. The highest BCUT2D eigenvalue weighted by atomic mass is 32.1. The van der Waals surface area contributed by atoms with E-state index < -0.39 is 11.7 Å². The van der Waals surface area contributed by atoms with Crippen LogP contribution < -0.4 is 10.6 Å². The minimum atomic E-state index is -0.532. The molecule has 1 atom stereocenters. The van der Waals surface area contributed by atoms with Crippen LogP contribution in [0.3, 0.4) is 0 Å². The van der Waals surface area contributed by atoms with Crippen LogP contribution in [0.5, 0.6) is 0 Å². The molecule has 8 heteroatoms. The van der Waals surface area contributed by atoms with E-state index in [1.807, 2.05) is 20.8 Å². The highest BCUT2D eigenvalue weighted by molar-refractivity contribution is 7.14. The molecule has 142 valence electrons. The second-order valence-electron chi connectivity index (χ2n) is 7.33. The Kier molecular flexibility index (Phi) is 7.00. The standard InChI is InChI=1S/C18H26N4O3S/c1-18(2,3)25-17(24)20-11-14-6-4-5-8-22(14)12-15(23)21-16-13(10-19)7-9-26-16/h7,9,14H,4-6,8,11-12H2,1-3H3,(H,20,24)(H,21,23). The molecule has 1 unspecified atom stereocenters. The first-order valence-electron chi connectivity index (χ1n) is 8.77. The van der Waals surface area contributed by atoms with E-state index in [1.54, 1.807) is 11.4 Å². The number of amides is 2. The minimum Gasteiger partial charge on any atom is -0.444 e. The average molecular weight is 378 g/mol. The molecule has 1 aliphatic heterocycles. The van der Waals surface area contributed by atoms with E-state index in [1.165, 1.54) is 11.3 Å². The van der Waals surface area contributed by atoms with Crippen molar-refractivity contribution in [3.63, 3.8) is 0 Å². The highest BCUT2D eigenvalue weighted by Gasteiger charge is 2.26. The first-order chi connectivity index (χ1) is 12.3. The maximum atomic E-state index is 12.4. The van der Waals surface area contributed by atoms with E-state index in [0.29, 0.717) is 17.1 Å². The number of carbonyl (C=O) groups is 2. The quantitative estimate of drug-likeness (QED) is 0.821. The van der Waals surface area contributed by atoms with E-state index in [-0.39, 0.29) is 18.5 Å². The third-order valence-electron chi connectivity index (χ3n) is 4.02. The number of piperidine rings is 1. The third kappa shape index (κ3) is 6.32. The number of hydrogen-bond donors (Lipinski definition) is 2. The minimum absolute atomic E-state index is 0.0980. The summed E-state index contributed by atoms with van der Waals surface area (Å²) in [5, 5.41) is 17.0. The number of alkyl carbamates (subject to hydrolysis) is 1. The van der Waals surface area contributed by atoms with E-state index >= 15 is 0 Å². The van der Waals surface area contributed by atoms with Crippen LogP contribution in [0.4, 0.5) is 9.80 Å². The molecule has 2 rings (SSSR count). The number of anilines is 1. The van der Waals surface area contributed by atoms with Crippen molar-refractivity contribution < 1.29 is 14.3 Å². The summed E-state index contributed by atoms with van der Waals surface area (Å²) in [4.78, 5) is 26.3. The fourth-order valence-electron chi connectivity index (χ4n) is 2.86. The molecule has 26 heavy (non-hydrogen) atoms. The Labute approximate surface area is 158 Å². The van der Waals surface area contributed by atoms with Gasteiger partial charge in [-0.1, -0.05) is 6.42 Å². The van der Waals surface area contributed by atoms with Crippen molar-refractivity contribution in [1.82, 2.24) is 10.2 Å². The van der Waals surface area contributed by atoms with Crippen LogP contribution in [0.1, 0.15) is 45.6 Å². The Morgan fingerprint density at radius 2 is 2.19 bits per heavy atom. The number of carbonyl (C=O) groups excluding carboxylic acids is 2. The zero-order valence-corrected chi connectivity index (χ0v) is 16.3. The number of ether oxygens (including phenoxy) is 1. The van der Waals surface area contributed by atoms with Crippen LogP contribution in [0.15, 0.2) is 11.4 Å². The van der Waals surface area contributed by atoms with E-state index in [4.69, 9.17) is 10.00 Å². The molecule has 0 aliphatic carbocycles. The van der Waals surface area contributed by atoms with Gasteiger partial charge in [-0.3, -0.25) is 9.69 Å². The summed E-state index contributed by atoms with van der Waals surface area (Å²) in [6.07, 6.45) is 2.58. The maximum absolute atomic E-state index is 12.4. The lowest BCUT2D eigenvalue weighted by Crippen LogP contribution is -2.49. The molecule has 1 aromatic heterocycles. The van der Waals surface area contributed by atoms with E-state index in [0.717, 1.165) is 25.8 Å². The Balaban J connectivity index is 1.86. The Hall–Kier alpha value is -2.11. The summed E-state index contributed by atoms with van der Waals surface area (Å²) >= 11 is 1.34. The highest BCUT2D eigenvalue weighted by Crippen LogP contribution is 2.22. The monoisotopic (exact) mass is 378 g/mol. The van der Waals surface area contributed by atoms with Gasteiger partial charge < -0.3 is 15.4 Å². The zero-order chi connectivity index (χ0) is 19.2. The molecule has 0 radical (unpaired) electrons. The predicted octanol–water partition coefficient (Wildman–Crippen LogP) is 2.94. The van der Waals surface area contributed by atoms with Crippen molar-refractivity contribution in [1.29, 1.82) is 5.26 Å². The van der Waals surface area contributed by atoms with Gasteiger partial charge in [0, 0.05) is 12.6 Å². The van der Waals surface area contributed by atoms with Gasteiger partial charge >= 0.3 is 6.09 Å². The topological polar surface area (TPSA) is 94.5 Å². The lowest BCUT2D eigenvalue weighted by molar-refractivity contribution is -0.118. The van der Waals surface area contributed by atoms with Gasteiger partial charge in [0.15, 0.2) is 0 Å². The van der Waals surface area contributed by atoms with Gasteiger partial charge in [-0.05, 0) is 51.6 Å². The number of nitrogens with one attached hydrogen (secondary N) is 2. The Morgan fingerprint density at radius 3 is 2.88 bits per heavy atom. The second-order valence-corrected chi connectivity index (χ2v) is 8.24. The maximum Gasteiger partial charge on any atom is 0.407 e. The molecule has 1 fully saturated rings. The van der Waals surface area contributed by atoms with Gasteiger partial charge in [-0.15, -0.1) is 11.3 Å². The molecule has 1 saturated heterocycles. The Bertz CT molecular complexity index is 675. The lowest BCUT2D eigenvalue weighted by Gasteiger charge is -2.35. The van der Waals surface area contributed by atoms with Crippen molar-refractivity contribution in [2.45, 2.75) is 51.7 Å². The summed E-state index contributed by atoms with van der Waals surface area (Å²) in [6.45, 7) is 6.97. The number of likely N-dealkylation sites (tertiary alicyclic amines) is 1. The molecule has 1 aliphatic rings. The molecule has 0 saturated carbocycles. The van der Waals surface area contributed by atoms with E-state index in [2.05, 4.69) is 21.6 Å². The van der Waals surface area contributed by atoms with Crippen LogP contribution >= 0.6 is 11.3 Å². The van der Waals surface area contributed by atoms with Gasteiger partial charge in [-0.2, -0.15) is 5.26 Å². The number of nitrogens with zero attached hydrogens (tertiary/aromatic N) is 2. The van der Waals surface area contributed by atoms with Gasteiger partial charge in [0.2, 0.25) is 5.91 Å². The molecule has 0 bridgehead atoms. The normalized spacial score (nSPS) is 18.0. The lowest BCUT2D eigenvalue weighted by atomic mass is 10.0. The van der Waals surface area contributed by atoms with Crippen LogP contribution in [0.2, 0.25) is 0 Å². The van der Waals surface area contributed by atoms with Gasteiger partial charge in [0.05, 0.1) is 12.1 Å². The zero-order valence-electron chi connectivity index (χ0n) is 15.5. The van der Waals surface area contributed by atoms with Crippen LogP contribution in [-0.2, 0) is 9.53 Å². The van der Waals surface area contributed by atoms with Gasteiger partial charge in [0.1, 0.15) is 16.7 Å². The molecule has 2 amide bonds. The third-order valence-corrected chi connectivity index (χ3v) is 4.85. The molecular formula is C18H26N4O3S.